The number of aromatic hydroxyl groups is 1. The highest BCUT2D eigenvalue weighted by Gasteiger charge is 2.63. The van der Waals surface area contributed by atoms with Gasteiger partial charge in [-0.15, -0.1) is 11.8 Å². The van der Waals surface area contributed by atoms with Gasteiger partial charge in [0.25, 0.3) is 0 Å². The van der Waals surface area contributed by atoms with E-state index in [2.05, 4.69) is 0 Å². The fourth-order valence-corrected chi connectivity index (χ4v) is 6.82. The monoisotopic (exact) mass is 480 g/mol. The number of halogens is 2. The number of rotatable bonds is 2. The van der Waals surface area contributed by atoms with E-state index >= 15 is 4.39 Å². The first-order chi connectivity index (χ1) is 16.4. The van der Waals surface area contributed by atoms with Gasteiger partial charge in [0, 0.05) is 35.0 Å². The van der Waals surface area contributed by atoms with Crippen molar-refractivity contribution in [3.05, 3.63) is 92.9 Å². The van der Waals surface area contributed by atoms with Crippen LogP contribution < -0.4 is 10.4 Å². The zero-order valence-electron chi connectivity index (χ0n) is 18.4. The molecule has 3 aliphatic rings. The van der Waals surface area contributed by atoms with Crippen molar-refractivity contribution in [2.45, 2.75) is 36.5 Å². The Bertz CT molecular complexity index is 1420. The van der Waals surface area contributed by atoms with Gasteiger partial charge in [-0.3, -0.25) is 19.3 Å². The number of carbonyl (C=O) groups is 1. The largest absolute Gasteiger partial charge is 0.503 e. The van der Waals surface area contributed by atoms with Crippen molar-refractivity contribution in [2.24, 2.45) is 11.3 Å². The molecule has 5 nitrogen and oxygen atoms in total. The molecule has 1 saturated carbocycles. The van der Waals surface area contributed by atoms with E-state index in [9.17, 15) is 19.1 Å². The molecular formula is C26H22F2N2O3S. The van der Waals surface area contributed by atoms with Gasteiger partial charge in [0.15, 0.2) is 28.9 Å². The Morgan fingerprint density at radius 3 is 2.68 bits per heavy atom. The van der Waals surface area contributed by atoms with Gasteiger partial charge >= 0.3 is 0 Å². The minimum absolute atomic E-state index is 0.0341. The molecule has 1 fully saturated rings. The number of nitrogens with zero attached hydrogens (tertiary/aromatic N) is 2. The van der Waals surface area contributed by atoms with E-state index in [0.717, 1.165) is 22.9 Å². The lowest BCUT2D eigenvalue weighted by molar-refractivity contribution is 0.0840. The number of hydrogen-bond donors (Lipinski definition) is 1. The Morgan fingerprint density at radius 1 is 1.12 bits per heavy atom. The van der Waals surface area contributed by atoms with E-state index in [4.69, 9.17) is 0 Å². The van der Waals surface area contributed by atoms with Crippen molar-refractivity contribution in [1.29, 1.82) is 0 Å². The van der Waals surface area contributed by atoms with Gasteiger partial charge in [-0.1, -0.05) is 37.6 Å². The highest BCUT2D eigenvalue weighted by molar-refractivity contribution is 7.98. The van der Waals surface area contributed by atoms with Crippen LogP contribution in [0.2, 0.25) is 0 Å². The van der Waals surface area contributed by atoms with Gasteiger partial charge in [-0.05, 0) is 35.6 Å². The Hall–Kier alpha value is -3.13. The third-order valence-electron chi connectivity index (χ3n) is 7.58. The minimum Gasteiger partial charge on any atom is -0.503 e. The van der Waals surface area contributed by atoms with Crippen LogP contribution in [-0.2, 0) is 5.75 Å². The number of ketones is 1. The van der Waals surface area contributed by atoms with Crippen LogP contribution in [-0.4, -0.2) is 22.1 Å². The molecule has 1 aromatic heterocycles. The number of Topliss-reactive ketones (excluding diaryl/α,β-unsaturated/α-hetero) is 1. The number of fused-ring (bicyclic) bond motifs is 3. The van der Waals surface area contributed by atoms with Crippen LogP contribution in [0.1, 0.15) is 53.0 Å². The van der Waals surface area contributed by atoms with Crippen molar-refractivity contribution < 1.29 is 18.7 Å². The van der Waals surface area contributed by atoms with Gasteiger partial charge in [0.05, 0.1) is 11.5 Å². The molecule has 1 aliphatic carbocycles. The van der Waals surface area contributed by atoms with E-state index < -0.39 is 34.3 Å². The molecule has 8 heteroatoms. The van der Waals surface area contributed by atoms with E-state index in [1.165, 1.54) is 28.7 Å². The predicted octanol–water partition coefficient (Wildman–Crippen LogP) is 4.78. The number of pyridine rings is 1. The average molecular weight is 481 g/mol. The maximum atomic E-state index is 15.0. The summed E-state index contributed by atoms with van der Waals surface area (Å²) in [6.07, 6.45) is 2.95. The first-order valence-corrected chi connectivity index (χ1v) is 12.3. The van der Waals surface area contributed by atoms with Gasteiger partial charge in [0.1, 0.15) is 0 Å². The lowest BCUT2D eigenvalue weighted by Crippen LogP contribution is -2.52. The topological polar surface area (TPSA) is 62.5 Å². The maximum absolute atomic E-state index is 15.0. The summed E-state index contributed by atoms with van der Waals surface area (Å²) in [7, 11) is 0. The summed E-state index contributed by atoms with van der Waals surface area (Å²) in [6, 6.07) is 11.1. The third kappa shape index (κ3) is 2.84. The van der Waals surface area contributed by atoms with Gasteiger partial charge in [0.2, 0.25) is 5.43 Å². The molecule has 6 rings (SSSR count). The molecule has 3 aromatic rings. The molecule has 0 saturated heterocycles. The summed E-state index contributed by atoms with van der Waals surface area (Å²) >= 11 is 1.44. The van der Waals surface area contributed by atoms with Crippen molar-refractivity contribution in [3.8, 4) is 5.75 Å². The molecule has 1 spiro atoms. The molecule has 2 aliphatic heterocycles. The molecule has 3 heterocycles. The molecule has 0 radical (unpaired) electrons. The van der Waals surface area contributed by atoms with E-state index in [0.29, 0.717) is 18.5 Å². The van der Waals surface area contributed by atoms with Crippen molar-refractivity contribution in [2.75, 3.05) is 11.6 Å². The number of hydrogen-bond acceptors (Lipinski definition) is 5. The number of thioether (sulfide) groups is 1. The highest BCUT2D eigenvalue weighted by atomic mass is 32.2. The molecule has 0 amide bonds. The maximum Gasteiger partial charge on any atom is 0.224 e. The summed E-state index contributed by atoms with van der Waals surface area (Å²) in [5.74, 6) is -2.17. The standard InChI is InChI=1S/C26H22F2N2O3S/c1-2-14-11-26(14)13-30(29-10-9-19(31)24(32)23(29)25(26)33)22-15-7-8-18(27)21(28)17(15)12-34-20-6-4-3-5-16(20)22/h3-10,14,22,32H,2,11-13H2,1H3. The second-order valence-electron chi connectivity index (χ2n) is 9.27. The minimum atomic E-state index is -0.899. The second-order valence-corrected chi connectivity index (χ2v) is 10.3. The van der Waals surface area contributed by atoms with Gasteiger partial charge in [-0.25, -0.2) is 8.78 Å². The van der Waals surface area contributed by atoms with Crippen LogP contribution >= 0.6 is 11.8 Å². The summed E-state index contributed by atoms with van der Waals surface area (Å²) in [6.45, 7) is 2.37. The van der Waals surface area contributed by atoms with Crippen LogP contribution in [0, 0.1) is 23.0 Å². The quantitative estimate of drug-likeness (QED) is 0.572. The van der Waals surface area contributed by atoms with E-state index in [1.54, 1.807) is 6.07 Å². The molecule has 1 N–H and O–H groups in total. The number of carbonyl (C=O) groups excluding carboxylic acids is 1. The lowest BCUT2D eigenvalue weighted by atomic mass is 9.88. The Kier molecular flexibility index (Phi) is 4.68. The fourth-order valence-electron chi connectivity index (χ4n) is 5.71. The average Bonchev–Trinajstić information content (AvgIpc) is 3.58. The van der Waals surface area contributed by atoms with Crippen LogP contribution in [0.4, 0.5) is 8.78 Å². The molecule has 34 heavy (non-hydrogen) atoms. The number of benzene rings is 2. The first-order valence-electron chi connectivity index (χ1n) is 11.3. The van der Waals surface area contributed by atoms with Crippen LogP contribution in [0.3, 0.4) is 0 Å². The molecule has 3 atom stereocenters. The van der Waals surface area contributed by atoms with Gasteiger partial charge < -0.3 is 5.11 Å². The van der Waals surface area contributed by atoms with Crippen LogP contribution in [0.25, 0.3) is 0 Å². The van der Waals surface area contributed by atoms with Gasteiger partial charge in [-0.2, -0.15) is 0 Å². The highest BCUT2D eigenvalue weighted by Crippen LogP contribution is 2.59. The molecule has 0 bridgehead atoms. The second kappa shape index (κ2) is 7.43. The van der Waals surface area contributed by atoms with E-state index in [-0.39, 0.29) is 28.7 Å². The lowest BCUT2D eigenvalue weighted by Gasteiger charge is -2.43. The van der Waals surface area contributed by atoms with Crippen LogP contribution in [0.15, 0.2) is 58.4 Å². The summed E-state index contributed by atoms with van der Waals surface area (Å²) < 4.78 is 30.8. The van der Waals surface area contributed by atoms with Crippen LogP contribution in [0.5, 0.6) is 5.75 Å². The summed E-state index contributed by atoms with van der Waals surface area (Å²) in [5.41, 5.74) is 0.432. The molecular weight excluding hydrogens is 458 g/mol. The van der Waals surface area contributed by atoms with Crippen molar-refractivity contribution >= 4 is 17.5 Å². The number of aromatic nitrogens is 1. The molecule has 3 unspecified atom stereocenters. The molecule has 2 aromatic carbocycles. The smallest absolute Gasteiger partial charge is 0.224 e. The zero-order valence-corrected chi connectivity index (χ0v) is 19.2. The summed E-state index contributed by atoms with van der Waals surface area (Å²) in [5, 5.41) is 12.6. The van der Waals surface area contributed by atoms with Crippen molar-refractivity contribution in [1.82, 2.24) is 4.68 Å². The first kappa shape index (κ1) is 21.4. The fraction of sp³-hybridized carbons (Fsp3) is 0.308. The SMILES string of the molecule is CCC1CC12CN(C1c3ccccc3SCc3c1ccc(F)c3F)n1ccc(=O)c(O)c1C2=O. The zero-order chi connectivity index (χ0) is 23.8. The Labute approximate surface area is 199 Å². The van der Waals surface area contributed by atoms with Crippen molar-refractivity contribution in [3.63, 3.8) is 0 Å². The Morgan fingerprint density at radius 2 is 1.91 bits per heavy atom. The van der Waals surface area contributed by atoms with E-state index in [1.807, 2.05) is 36.2 Å². The predicted molar refractivity (Wildman–Crippen MR) is 125 cm³/mol. The normalized spacial score (nSPS) is 24.9. The Balaban J connectivity index is 1.64. The molecule has 174 valence electrons. The summed E-state index contributed by atoms with van der Waals surface area (Å²) in [4.78, 5) is 26.8. The third-order valence-corrected chi connectivity index (χ3v) is 8.69.